The molecular weight excluding hydrogens is 777 g/mol. The van der Waals surface area contributed by atoms with Gasteiger partial charge in [0.2, 0.25) is 0 Å². The molecule has 2 aromatic heterocycles. The van der Waals surface area contributed by atoms with Crippen LogP contribution in [-0.4, -0.2) is 4.57 Å². The lowest BCUT2D eigenvalue weighted by atomic mass is 9.82. The Kier molecular flexibility index (Phi) is 7.95. The van der Waals surface area contributed by atoms with E-state index in [2.05, 4.69) is 236 Å². The van der Waals surface area contributed by atoms with Crippen molar-refractivity contribution in [3.63, 3.8) is 0 Å². The van der Waals surface area contributed by atoms with Gasteiger partial charge in [-0.2, -0.15) is 0 Å². The molecule has 3 heteroatoms. The number of nitrogens with zero attached hydrogens (tertiary/aromatic N) is 2. The molecule has 1 aliphatic rings. The Balaban J connectivity index is 0.921. The third-order valence-electron chi connectivity index (χ3n) is 13.8. The summed E-state index contributed by atoms with van der Waals surface area (Å²) in [6.45, 7) is 4.71. The van der Waals surface area contributed by atoms with E-state index in [0.717, 1.165) is 50.2 Å². The molecule has 0 fully saturated rings. The molecule has 0 bridgehead atoms. The molecule has 0 saturated heterocycles. The highest BCUT2D eigenvalue weighted by molar-refractivity contribution is 6.15. The second-order valence-corrected chi connectivity index (χ2v) is 17.7. The molecule has 0 spiro atoms. The van der Waals surface area contributed by atoms with E-state index in [1.165, 1.54) is 71.6 Å². The fraction of sp³-hybridized carbons (Fsp3) is 0.0492. The van der Waals surface area contributed by atoms with Crippen molar-refractivity contribution < 1.29 is 4.42 Å². The van der Waals surface area contributed by atoms with Crippen molar-refractivity contribution in [3.8, 4) is 39.1 Å². The van der Waals surface area contributed by atoms with Gasteiger partial charge in [0.25, 0.3) is 0 Å². The van der Waals surface area contributed by atoms with E-state index in [4.69, 9.17) is 4.42 Å². The molecule has 1 aliphatic carbocycles. The summed E-state index contributed by atoms with van der Waals surface area (Å²) >= 11 is 0. The molecular formula is C61H42N2O. The van der Waals surface area contributed by atoms with Crippen LogP contribution in [0.2, 0.25) is 0 Å². The SMILES string of the molecule is CC1(C)c2ccccc2-c2ccc(N(c3ccc(-c4ccccc4-c4ccc5c(c4)c4ccccc4n5-c4cccc5oc6ccccc6c45)cc3)c3ccc4ccccc4c3)cc21. The van der Waals surface area contributed by atoms with Crippen molar-refractivity contribution in [2.24, 2.45) is 0 Å². The largest absolute Gasteiger partial charge is 0.456 e. The lowest BCUT2D eigenvalue weighted by molar-refractivity contribution is 0.660. The van der Waals surface area contributed by atoms with Gasteiger partial charge in [0.15, 0.2) is 0 Å². The minimum atomic E-state index is -0.106. The van der Waals surface area contributed by atoms with Crippen LogP contribution in [0.5, 0.6) is 0 Å². The molecule has 0 atom stereocenters. The van der Waals surface area contributed by atoms with Crippen LogP contribution in [0.25, 0.3) is 93.6 Å². The predicted molar refractivity (Wildman–Crippen MR) is 269 cm³/mol. The number of hydrogen-bond acceptors (Lipinski definition) is 2. The Morgan fingerprint density at radius 3 is 1.86 bits per heavy atom. The van der Waals surface area contributed by atoms with Crippen LogP contribution in [0.3, 0.4) is 0 Å². The van der Waals surface area contributed by atoms with E-state index >= 15 is 0 Å². The first kappa shape index (κ1) is 36.5. The van der Waals surface area contributed by atoms with Gasteiger partial charge in [-0.15, -0.1) is 0 Å². The molecule has 0 saturated carbocycles. The summed E-state index contributed by atoms with van der Waals surface area (Å²) in [4.78, 5) is 2.41. The maximum atomic E-state index is 6.35. The molecule has 0 radical (unpaired) electrons. The molecule has 0 unspecified atom stereocenters. The molecule has 0 aliphatic heterocycles. The van der Waals surface area contributed by atoms with Gasteiger partial charge in [-0.25, -0.2) is 0 Å². The number of hydrogen-bond donors (Lipinski definition) is 0. The van der Waals surface area contributed by atoms with Crippen LogP contribution >= 0.6 is 0 Å². The third-order valence-corrected chi connectivity index (χ3v) is 13.8. The van der Waals surface area contributed by atoms with Gasteiger partial charge in [-0.05, 0) is 128 Å². The first-order valence-corrected chi connectivity index (χ1v) is 22.2. The highest BCUT2D eigenvalue weighted by atomic mass is 16.3. The lowest BCUT2D eigenvalue weighted by Gasteiger charge is -2.28. The molecule has 10 aromatic carbocycles. The monoisotopic (exact) mass is 818 g/mol. The Hall–Kier alpha value is -8.14. The number of rotatable bonds is 6. The zero-order chi connectivity index (χ0) is 42.5. The maximum Gasteiger partial charge on any atom is 0.137 e. The average Bonchev–Trinajstić information content (AvgIpc) is 3.97. The molecule has 13 rings (SSSR count). The topological polar surface area (TPSA) is 21.3 Å². The summed E-state index contributed by atoms with van der Waals surface area (Å²) in [6, 6.07) is 79.7. The zero-order valence-corrected chi connectivity index (χ0v) is 35.6. The molecule has 3 nitrogen and oxygen atoms in total. The number of benzene rings is 10. The van der Waals surface area contributed by atoms with Gasteiger partial charge in [0, 0.05) is 38.6 Å². The predicted octanol–water partition coefficient (Wildman–Crippen LogP) is 16.9. The van der Waals surface area contributed by atoms with Gasteiger partial charge in [0.1, 0.15) is 11.2 Å². The third kappa shape index (κ3) is 5.47. The quantitative estimate of drug-likeness (QED) is 0.167. The van der Waals surface area contributed by atoms with Gasteiger partial charge in [0.05, 0.1) is 22.1 Å². The Morgan fingerprint density at radius 1 is 0.391 bits per heavy atom. The van der Waals surface area contributed by atoms with Crippen LogP contribution in [0.1, 0.15) is 25.0 Å². The number of para-hydroxylation sites is 2. The van der Waals surface area contributed by atoms with Gasteiger partial charge in [-0.3, -0.25) is 0 Å². The van der Waals surface area contributed by atoms with E-state index in [-0.39, 0.29) is 5.41 Å². The maximum absolute atomic E-state index is 6.35. The normalized spacial score (nSPS) is 13.0. The van der Waals surface area contributed by atoms with Gasteiger partial charge < -0.3 is 13.9 Å². The molecule has 302 valence electrons. The number of anilines is 3. The standard InChI is InChI=1S/C61H42N2O/c1-61(2)53-21-10-7-18-48(53)49-34-33-45(38-54(49)61)62(44-32-26-39-14-3-4-15-41(39)36-44)43-30-27-40(28-31-43)46-16-5-6-17-47(46)42-29-35-56-52(37-42)50-19-8-11-22-55(50)63(56)57-23-13-25-59-60(57)51-20-9-12-24-58(51)64-59/h3-38H,1-2H3. The number of aromatic nitrogens is 1. The summed E-state index contributed by atoms with van der Waals surface area (Å²) in [6.07, 6.45) is 0. The Labute approximate surface area is 371 Å². The van der Waals surface area contributed by atoms with Gasteiger partial charge >= 0.3 is 0 Å². The minimum absolute atomic E-state index is 0.106. The first-order chi connectivity index (χ1) is 31.5. The van der Waals surface area contributed by atoms with E-state index in [1.807, 2.05) is 6.07 Å². The fourth-order valence-corrected chi connectivity index (χ4v) is 10.7. The molecule has 2 heterocycles. The van der Waals surface area contributed by atoms with E-state index in [1.54, 1.807) is 0 Å². The molecule has 64 heavy (non-hydrogen) atoms. The van der Waals surface area contributed by atoms with Crippen LogP contribution in [0.15, 0.2) is 223 Å². The Bertz CT molecular complexity index is 3830. The van der Waals surface area contributed by atoms with Crippen LogP contribution in [0.4, 0.5) is 17.1 Å². The molecule has 12 aromatic rings. The zero-order valence-electron chi connectivity index (χ0n) is 35.6. The summed E-state index contributed by atoms with van der Waals surface area (Å²) < 4.78 is 8.75. The van der Waals surface area contributed by atoms with Crippen LogP contribution in [0, 0.1) is 0 Å². The smallest absolute Gasteiger partial charge is 0.137 e. The summed E-state index contributed by atoms with van der Waals surface area (Å²) in [5.74, 6) is 0. The fourth-order valence-electron chi connectivity index (χ4n) is 10.7. The van der Waals surface area contributed by atoms with E-state index in [0.29, 0.717) is 0 Å². The van der Waals surface area contributed by atoms with Crippen molar-refractivity contribution in [1.82, 2.24) is 4.57 Å². The lowest BCUT2D eigenvalue weighted by Crippen LogP contribution is -2.16. The van der Waals surface area contributed by atoms with Gasteiger partial charge in [-0.1, -0.05) is 159 Å². The summed E-state index contributed by atoms with van der Waals surface area (Å²) in [5, 5.41) is 7.14. The van der Waals surface area contributed by atoms with Crippen LogP contribution in [-0.2, 0) is 5.41 Å². The summed E-state index contributed by atoms with van der Waals surface area (Å²) in [7, 11) is 0. The summed E-state index contributed by atoms with van der Waals surface area (Å²) in [5.41, 5.74) is 18.7. The van der Waals surface area contributed by atoms with Crippen molar-refractivity contribution in [3.05, 3.63) is 230 Å². The number of furan rings is 1. The average molecular weight is 819 g/mol. The van der Waals surface area contributed by atoms with Crippen LogP contribution < -0.4 is 4.90 Å². The highest BCUT2D eigenvalue weighted by Gasteiger charge is 2.35. The second-order valence-electron chi connectivity index (χ2n) is 17.7. The van der Waals surface area contributed by atoms with Crippen molar-refractivity contribution in [2.75, 3.05) is 4.90 Å². The first-order valence-electron chi connectivity index (χ1n) is 22.2. The van der Waals surface area contributed by atoms with Crippen molar-refractivity contribution in [1.29, 1.82) is 0 Å². The molecule has 0 amide bonds. The molecule has 0 N–H and O–H groups in total. The van der Waals surface area contributed by atoms with E-state index < -0.39 is 0 Å². The minimum Gasteiger partial charge on any atom is -0.456 e. The second kappa shape index (κ2) is 13.9. The van der Waals surface area contributed by atoms with Crippen molar-refractivity contribution in [2.45, 2.75) is 19.3 Å². The Morgan fingerprint density at radius 2 is 1.00 bits per heavy atom. The van der Waals surface area contributed by atoms with Crippen molar-refractivity contribution >= 4 is 71.6 Å². The number of fused-ring (bicyclic) bond motifs is 10. The highest BCUT2D eigenvalue weighted by Crippen LogP contribution is 2.51. The van der Waals surface area contributed by atoms with E-state index in [9.17, 15) is 0 Å².